The number of halogens is 3. The van der Waals surface area contributed by atoms with Gasteiger partial charge < -0.3 is 20.3 Å². The van der Waals surface area contributed by atoms with Crippen LogP contribution in [-0.2, 0) is 11.3 Å². The van der Waals surface area contributed by atoms with E-state index in [1.807, 2.05) is 4.90 Å². The molecular formula is C19H22ClF2N5O2. The van der Waals surface area contributed by atoms with Gasteiger partial charge in [0.15, 0.2) is 0 Å². The van der Waals surface area contributed by atoms with Gasteiger partial charge in [0.05, 0.1) is 5.69 Å². The number of nitrogens with zero attached hydrogens (tertiary/aromatic N) is 4. The van der Waals surface area contributed by atoms with E-state index in [1.54, 1.807) is 0 Å². The number of nitrogen functional groups attached to an aromatic ring is 1. The van der Waals surface area contributed by atoms with Gasteiger partial charge in [-0.25, -0.2) is 0 Å². The number of carbonyl (C=O) groups excluding carboxylic acids is 1. The Kier molecular flexibility index (Phi) is 5.12. The van der Waals surface area contributed by atoms with Gasteiger partial charge in [-0.1, -0.05) is 11.6 Å². The number of hydrogen-bond acceptors (Lipinski definition) is 5. The van der Waals surface area contributed by atoms with Gasteiger partial charge in [0, 0.05) is 41.8 Å². The highest BCUT2D eigenvalue weighted by Crippen LogP contribution is 2.39. The smallest absolute Gasteiger partial charge is 0.387 e. The van der Waals surface area contributed by atoms with E-state index in [-0.39, 0.29) is 40.6 Å². The number of ether oxygens (including phenoxy) is 1. The van der Waals surface area contributed by atoms with Crippen molar-refractivity contribution in [2.75, 3.05) is 39.0 Å². The molecule has 1 spiro atoms. The van der Waals surface area contributed by atoms with Crippen LogP contribution in [0.25, 0.3) is 11.3 Å². The summed E-state index contributed by atoms with van der Waals surface area (Å²) in [5.74, 6) is -0.128. The van der Waals surface area contributed by atoms with Crippen molar-refractivity contribution >= 4 is 23.2 Å². The summed E-state index contributed by atoms with van der Waals surface area (Å²) in [5, 5.41) is 4.66. The molecule has 0 saturated carbocycles. The summed E-state index contributed by atoms with van der Waals surface area (Å²) >= 11 is 6.00. The van der Waals surface area contributed by atoms with Gasteiger partial charge in [-0.3, -0.25) is 9.48 Å². The second-order valence-corrected chi connectivity index (χ2v) is 8.32. The SMILES string of the molecule is CN1CCC2(C1)CN(C(=O)Cn1cc(N)c(-c3cc(Cl)ccc3OC(F)F)n1)C2. The minimum Gasteiger partial charge on any atom is -0.434 e. The molecule has 10 heteroatoms. The Hall–Kier alpha value is -2.39. The fourth-order valence-corrected chi connectivity index (χ4v) is 4.38. The minimum atomic E-state index is -2.99. The van der Waals surface area contributed by atoms with Crippen molar-refractivity contribution in [2.45, 2.75) is 19.6 Å². The van der Waals surface area contributed by atoms with E-state index >= 15 is 0 Å². The Morgan fingerprint density at radius 3 is 2.79 bits per heavy atom. The Labute approximate surface area is 172 Å². The number of anilines is 1. The zero-order valence-electron chi connectivity index (χ0n) is 15.9. The lowest BCUT2D eigenvalue weighted by Gasteiger charge is -2.48. The van der Waals surface area contributed by atoms with E-state index in [0.717, 1.165) is 32.6 Å². The maximum Gasteiger partial charge on any atom is 0.387 e. The number of nitrogens with two attached hydrogens (primary N) is 1. The fraction of sp³-hybridized carbons (Fsp3) is 0.474. The summed E-state index contributed by atoms with van der Waals surface area (Å²) in [7, 11) is 2.09. The molecule has 2 aliphatic heterocycles. The van der Waals surface area contributed by atoms with Crippen LogP contribution in [-0.4, -0.2) is 65.3 Å². The van der Waals surface area contributed by atoms with Gasteiger partial charge in [-0.15, -0.1) is 0 Å². The molecule has 2 fully saturated rings. The highest BCUT2D eigenvalue weighted by atomic mass is 35.5. The predicted octanol–water partition coefficient (Wildman–Crippen LogP) is 2.55. The molecule has 0 unspecified atom stereocenters. The third-order valence-electron chi connectivity index (χ3n) is 5.53. The topological polar surface area (TPSA) is 76.6 Å². The minimum absolute atomic E-state index is 0.0295. The van der Waals surface area contributed by atoms with E-state index in [9.17, 15) is 13.6 Å². The molecule has 3 heterocycles. The van der Waals surface area contributed by atoms with Crippen LogP contribution >= 0.6 is 11.6 Å². The lowest BCUT2D eigenvalue weighted by Crippen LogP contribution is -2.60. The number of alkyl halides is 2. The monoisotopic (exact) mass is 425 g/mol. The number of rotatable bonds is 5. The van der Waals surface area contributed by atoms with E-state index in [4.69, 9.17) is 17.3 Å². The molecule has 0 atom stereocenters. The molecule has 0 aliphatic carbocycles. The maximum absolute atomic E-state index is 12.7. The van der Waals surface area contributed by atoms with Gasteiger partial charge in [0.1, 0.15) is 18.0 Å². The van der Waals surface area contributed by atoms with E-state index in [0.29, 0.717) is 5.02 Å². The van der Waals surface area contributed by atoms with Gasteiger partial charge in [0.25, 0.3) is 0 Å². The number of amides is 1. The molecule has 7 nitrogen and oxygen atoms in total. The number of aromatic nitrogens is 2. The number of benzene rings is 1. The van der Waals surface area contributed by atoms with Crippen molar-refractivity contribution in [2.24, 2.45) is 5.41 Å². The van der Waals surface area contributed by atoms with Crippen molar-refractivity contribution in [1.29, 1.82) is 0 Å². The third-order valence-corrected chi connectivity index (χ3v) is 5.77. The highest BCUT2D eigenvalue weighted by molar-refractivity contribution is 6.31. The molecule has 2 aromatic rings. The Bertz CT molecular complexity index is 929. The zero-order chi connectivity index (χ0) is 20.8. The first-order valence-corrected chi connectivity index (χ1v) is 9.66. The first-order chi connectivity index (χ1) is 13.7. The Morgan fingerprint density at radius 2 is 2.14 bits per heavy atom. The molecule has 4 rings (SSSR count). The second-order valence-electron chi connectivity index (χ2n) is 7.89. The first-order valence-electron chi connectivity index (χ1n) is 9.29. The molecular weight excluding hydrogens is 404 g/mol. The Balaban J connectivity index is 1.48. The summed E-state index contributed by atoms with van der Waals surface area (Å²) in [6.45, 7) is 0.608. The van der Waals surface area contributed by atoms with Gasteiger partial charge >= 0.3 is 6.61 Å². The fourth-order valence-electron chi connectivity index (χ4n) is 4.21. The lowest BCUT2D eigenvalue weighted by atomic mass is 9.79. The number of likely N-dealkylation sites (tertiary alicyclic amines) is 2. The molecule has 29 heavy (non-hydrogen) atoms. The van der Waals surface area contributed by atoms with Crippen LogP contribution in [0.15, 0.2) is 24.4 Å². The molecule has 1 aromatic heterocycles. The van der Waals surface area contributed by atoms with Crippen molar-refractivity contribution < 1.29 is 18.3 Å². The molecule has 0 bridgehead atoms. The van der Waals surface area contributed by atoms with Gasteiger partial charge in [-0.2, -0.15) is 13.9 Å². The molecule has 2 aliphatic rings. The summed E-state index contributed by atoms with van der Waals surface area (Å²) in [6, 6.07) is 4.24. The summed E-state index contributed by atoms with van der Waals surface area (Å²) < 4.78 is 31.4. The molecule has 156 valence electrons. The molecule has 1 aromatic carbocycles. The van der Waals surface area contributed by atoms with Crippen molar-refractivity contribution in [3.05, 3.63) is 29.4 Å². The maximum atomic E-state index is 12.7. The van der Waals surface area contributed by atoms with Crippen molar-refractivity contribution in [3.8, 4) is 17.0 Å². The first kappa shape index (κ1) is 19.9. The van der Waals surface area contributed by atoms with E-state index in [2.05, 4.69) is 21.8 Å². The van der Waals surface area contributed by atoms with E-state index < -0.39 is 6.61 Å². The quantitative estimate of drug-likeness (QED) is 0.796. The van der Waals surface area contributed by atoms with Crippen LogP contribution in [0.1, 0.15) is 6.42 Å². The molecule has 1 amide bonds. The molecule has 0 radical (unpaired) electrons. The van der Waals surface area contributed by atoms with E-state index in [1.165, 1.54) is 29.1 Å². The zero-order valence-corrected chi connectivity index (χ0v) is 16.7. The van der Waals surface area contributed by atoms with Crippen LogP contribution < -0.4 is 10.5 Å². The van der Waals surface area contributed by atoms with Crippen molar-refractivity contribution in [1.82, 2.24) is 19.6 Å². The predicted molar refractivity (Wildman–Crippen MR) is 105 cm³/mol. The summed E-state index contributed by atoms with van der Waals surface area (Å²) in [5.41, 5.74) is 6.99. The van der Waals surface area contributed by atoms with Crippen molar-refractivity contribution in [3.63, 3.8) is 0 Å². The molecule has 2 saturated heterocycles. The van der Waals surface area contributed by atoms with Crippen LogP contribution in [0.2, 0.25) is 5.02 Å². The summed E-state index contributed by atoms with van der Waals surface area (Å²) in [6.07, 6.45) is 2.62. The molecule has 2 N–H and O–H groups in total. The number of carbonyl (C=O) groups is 1. The summed E-state index contributed by atoms with van der Waals surface area (Å²) in [4.78, 5) is 16.7. The van der Waals surface area contributed by atoms with Crippen LogP contribution in [0.5, 0.6) is 5.75 Å². The number of hydrogen-bond donors (Lipinski definition) is 1. The average molecular weight is 426 g/mol. The highest BCUT2D eigenvalue weighted by Gasteiger charge is 2.48. The Morgan fingerprint density at radius 1 is 1.38 bits per heavy atom. The van der Waals surface area contributed by atoms with Crippen LogP contribution in [0, 0.1) is 5.41 Å². The standard InChI is InChI=1S/C19H22ClF2N5O2/c1-25-5-4-19(9-25)10-26(11-19)16(28)8-27-7-14(23)17(24-27)13-6-12(20)2-3-15(13)29-18(21)22/h2-3,6-7,18H,4-5,8-11,23H2,1H3. The van der Waals surface area contributed by atoms with Crippen LogP contribution in [0.3, 0.4) is 0 Å². The third kappa shape index (κ3) is 4.02. The largest absolute Gasteiger partial charge is 0.434 e. The normalized spacial score (nSPS) is 18.4. The lowest BCUT2D eigenvalue weighted by molar-refractivity contribution is -0.143. The second kappa shape index (κ2) is 7.46. The van der Waals surface area contributed by atoms with Gasteiger partial charge in [0.2, 0.25) is 5.91 Å². The average Bonchev–Trinajstić information content (AvgIpc) is 3.17. The van der Waals surface area contributed by atoms with Crippen LogP contribution in [0.4, 0.5) is 14.5 Å². The van der Waals surface area contributed by atoms with Gasteiger partial charge in [-0.05, 0) is 38.2 Å².